The second-order valence-electron chi connectivity index (χ2n) is 6.08. The van der Waals surface area contributed by atoms with Crippen LogP contribution in [0.15, 0.2) is 0 Å². The molecule has 0 aromatic carbocycles. The Balaban J connectivity index is 3.02. The van der Waals surface area contributed by atoms with E-state index in [4.69, 9.17) is 0 Å². The number of rotatable bonds is 4. The SMILES string of the molecule is CC1CCC[N+](C)(C)C1CC(P(=O)(O)O)P(=O)(O)O. The van der Waals surface area contributed by atoms with Gasteiger partial charge in [0.25, 0.3) is 0 Å². The molecular formula is C10H24NO6P2+. The van der Waals surface area contributed by atoms with E-state index in [1.54, 1.807) is 0 Å². The van der Waals surface area contributed by atoms with Crippen LogP contribution in [0, 0.1) is 5.92 Å². The van der Waals surface area contributed by atoms with Gasteiger partial charge in [-0.25, -0.2) is 0 Å². The molecule has 0 bridgehead atoms. The molecule has 0 aromatic rings. The van der Waals surface area contributed by atoms with Crippen molar-refractivity contribution in [1.29, 1.82) is 0 Å². The fourth-order valence-corrected chi connectivity index (χ4v) is 5.62. The van der Waals surface area contributed by atoms with Gasteiger partial charge in [0.05, 0.1) is 26.7 Å². The van der Waals surface area contributed by atoms with Crippen molar-refractivity contribution >= 4 is 15.2 Å². The molecule has 1 aliphatic rings. The smallest absolute Gasteiger partial charge is 0.326 e. The van der Waals surface area contributed by atoms with Crippen LogP contribution in [0.25, 0.3) is 0 Å². The molecule has 0 aliphatic carbocycles. The van der Waals surface area contributed by atoms with Crippen molar-refractivity contribution in [3.63, 3.8) is 0 Å². The van der Waals surface area contributed by atoms with E-state index in [2.05, 4.69) is 0 Å². The molecule has 1 saturated heterocycles. The molecule has 0 spiro atoms. The molecule has 9 heteroatoms. The van der Waals surface area contributed by atoms with Crippen LogP contribution in [0.5, 0.6) is 0 Å². The minimum absolute atomic E-state index is 0.150. The topological polar surface area (TPSA) is 115 Å². The van der Waals surface area contributed by atoms with Gasteiger partial charge in [-0.1, -0.05) is 6.92 Å². The fraction of sp³-hybridized carbons (Fsp3) is 1.00. The normalized spacial score (nSPS) is 28.6. The van der Waals surface area contributed by atoms with Gasteiger partial charge in [0.1, 0.15) is 0 Å². The summed E-state index contributed by atoms with van der Waals surface area (Å²) >= 11 is 0. The number of nitrogens with zero attached hydrogens (tertiary/aromatic N) is 1. The number of quaternary nitrogens is 1. The molecule has 2 unspecified atom stereocenters. The molecule has 114 valence electrons. The molecule has 2 atom stereocenters. The highest BCUT2D eigenvalue weighted by Crippen LogP contribution is 2.62. The average molecular weight is 316 g/mol. The first-order valence-corrected chi connectivity index (χ1v) is 9.65. The van der Waals surface area contributed by atoms with Gasteiger partial charge in [0, 0.05) is 12.3 Å². The molecular weight excluding hydrogens is 292 g/mol. The highest BCUT2D eigenvalue weighted by Gasteiger charge is 2.49. The van der Waals surface area contributed by atoms with Crippen molar-refractivity contribution in [2.45, 2.75) is 37.6 Å². The van der Waals surface area contributed by atoms with Crippen molar-refractivity contribution in [3.8, 4) is 0 Å². The van der Waals surface area contributed by atoms with Crippen LogP contribution in [0.4, 0.5) is 0 Å². The number of hydrogen-bond donors (Lipinski definition) is 4. The van der Waals surface area contributed by atoms with Crippen LogP contribution in [0.1, 0.15) is 26.2 Å². The van der Waals surface area contributed by atoms with E-state index in [9.17, 15) is 28.7 Å². The third-order valence-electron chi connectivity index (χ3n) is 4.18. The summed E-state index contributed by atoms with van der Waals surface area (Å²) in [7, 11) is -5.76. The largest absolute Gasteiger partial charge is 0.340 e. The highest BCUT2D eigenvalue weighted by molar-refractivity contribution is 7.70. The van der Waals surface area contributed by atoms with Gasteiger partial charge in [-0.15, -0.1) is 0 Å². The van der Waals surface area contributed by atoms with Gasteiger partial charge < -0.3 is 24.1 Å². The van der Waals surface area contributed by atoms with Crippen molar-refractivity contribution in [3.05, 3.63) is 0 Å². The van der Waals surface area contributed by atoms with Gasteiger partial charge in [-0.05, 0) is 12.8 Å². The van der Waals surface area contributed by atoms with Gasteiger partial charge >= 0.3 is 15.2 Å². The van der Waals surface area contributed by atoms with Gasteiger partial charge in [-0.2, -0.15) is 0 Å². The van der Waals surface area contributed by atoms with Crippen LogP contribution in [0.2, 0.25) is 0 Å². The molecule has 7 nitrogen and oxygen atoms in total. The minimum atomic E-state index is -4.82. The van der Waals surface area contributed by atoms with E-state index >= 15 is 0 Å². The van der Waals surface area contributed by atoms with E-state index in [0.717, 1.165) is 19.4 Å². The third kappa shape index (κ3) is 4.36. The fourth-order valence-electron chi connectivity index (χ4n) is 3.07. The Morgan fingerprint density at radius 3 is 2.00 bits per heavy atom. The number of likely N-dealkylation sites (tertiary alicyclic amines) is 1. The minimum Gasteiger partial charge on any atom is -0.326 e. The van der Waals surface area contributed by atoms with Crippen LogP contribution in [-0.4, -0.2) is 56.1 Å². The summed E-state index contributed by atoms with van der Waals surface area (Å²) in [6, 6.07) is -0.154. The molecule has 0 radical (unpaired) electrons. The van der Waals surface area contributed by atoms with Crippen molar-refractivity contribution in [2.24, 2.45) is 5.92 Å². The second-order valence-corrected chi connectivity index (χ2v) is 10.1. The third-order valence-corrected chi connectivity index (χ3v) is 7.96. The molecule has 0 amide bonds. The van der Waals surface area contributed by atoms with Crippen LogP contribution in [-0.2, 0) is 9.13 Å². The van der Waals surface area contributed by atoms with Crippen LogP contribution in [0.3, 0.4) is 0 Å². The summed E-state index contributed by atoms with van der Waals surface area (Å²) < 4.78 is 23.3. The van der Waals surface area contributed by atoms with E-state index in [-0.39, 0.29) is 18.4 Å². The lowest BCUT2D eigenvalue weighted by atomic mass is 9.87. The van der Waals surface area contributed by atoms with Crippen molar-refractivity contribution in [2.75, 3.05) is 20.6 Å². The molecule has 0 aromatic heterocycles. The van der Waals surface area contributed by atoms with Crippen LogP contribution >= 0.6 is 15.2 Å². The highest BCUT2D eigenvalue weighted by atomic mass is 31.2. The first-order chi connectivity index (χ1) is 8.36. The summed E-state index contributed by atoms with van der Waals surface area (Å²) in [6.45, 7) is 2.82. The van der Waals surface area contributed by atoms with Gasteiger partial charge in [-0.3, -0.25) is 9.13 Å². The predicted molar refractivity (Wildman–Crippen MR) is 71.7 cm³/mol. The maximum Gasteiger partial charge on any atom is 0.340 e. The standard InChI is InChI=1S/C10H23NO6P2/c1-8-5-4-6-11(2,3)9(8)7-10(18(12,13)14)19(15,16)17/h8-10H,4-7H2,1-3H3,(H3-,12,13,14,15,16,17)/p+1. The summed E-state index contributed by atoms with van der Waals surface area (Å²) in [5, 5.41) is -1.89. The zero-order valence-corrected chi connectivity index (χ0v) is 13.3. The summed E-state index contributed by atoms with van der Waals surface area (Å²) in [5.74, 6) is 0.185. The second kappa shape index (κ2) is 5.57. The number of hydrogen-bond acceptors (Lipinski definition) is 2. The van der Waals surface area contributed by atoms with Crippen LogP contribution < -0.4 is 0 Å². The van der Waals surface area contributed by atoms with Gasteiger partial charge in [0.2, 0.25) is 0 Å². The lowest BCUT2D eigenvalue weighted by molar-refractivity contribution is -0.924. The molecule has 4 N–H and O–H groups in total. The summed E-state index contributed by atoms with van der Waals surface area (Å²) in [5.41, 5.74) is 0. The molecule has 1 rings (SSSR count). The molecule has 1 fully saturated rings. The van der Waals surface area contributed by atoms with Crippen molar-refractivity contribution < 1.29 is 33.2 Å². The Labute approximate surface area is 113 Å². The zero-order chi connectivity index (χ0) is 15.1. The Morgan fingerprint density at radius 1 is 1.16 bits per heavy atom. The average Bonchev–Trinajstić information content (AvgIpc) is 2.11. The monoisotopic (exact) mass is 316 g/mol. The Morgan fingerprint density at radius 2 is 1.63 bits per heavy atom. The van der Waals surface area contributed by atoms with E-state index in [1.807, 2.05) is 21.0 Å². The zero-order valence-electron chi connectivity index (χ0n) is 11.5. The molecule has 1 heterocycles. The lowest BCUT2D eigenvalue weighted by Gasteiger charge is -2.46. The van der Waals surface area contributed by atoms with E-state index in [1.165, 1.54) is 0 Å². The Bertz CT molecular complexity index is 392. The first kappa shape index (κ1) is 17.3. The predicted octanol–water partition coefficient (Wildman–Crippen LogP) is 0.933. The lowest BCUT2D eigenvalue weighted by Crippen LogP contribution is -2.56. The number of piperidine rings is 1. The quantitative estimate of drug-likeness (QED) is 0.453. The van der Waals surface area contributed by atoms with Gasteiger partial charge in [0.15, 0.2) is 5.40 Å². The summed E-state index contributed by atoms with van der Waals surface area (Å²) in [4.78, 5) is 36.8. The first-order valence-electron chi connectivity index (χ1n) is 6.29. The van der Waals surface area contributed by atoms with E-state index < -0.39 is 20.6 Å². The van der Waals surface area contributed by atoms with Crippen molar-refractivity contribution in [1.82, 2.24) is 0 Å². The molecule has 0 saturated carbocycles. The van der Waals surface area contributed by atoms with E-state index in [0.29, 0.717) is 4.48 Å². The molecule has 1 aliphatic heterocycles. The molecule has 19 heavy (non-hydrogen) atoms. The maximum absolute atomic E-state index is 11.4. The Hall–Kier alpha value is 0.260. The summed E-state index contributed by atoms with van der Waals surface area (Å²) in [6.07, 6.45) is 1.78. The Kier molecular flexibility index (Phi) is 5.07. The maximum atomic E-state index is 11.4.